The molecule has 0 saturated carbocycles. The Hall–Kier alpha value is -0.620. The Balaban J connectivity index is 3.55. The van der Waals surface area contributed by atoms with E-state index in [1.54, 1.807) is 6.92 Å². The van der Waals surface area contributed by atoms with Crippen molar-refractivity contribution in [2.24, 2.45) is 0 Å². The highest BCUT2D eigenvalue weighted by Gasteiger charge is 2.09. The zero-order chi connectivity index (χ0) is 12.6. The number of hydrogen-bond acceptors (Lipinski definition) is 5. The first kappa shape index (κ1) is 15.4. The normalized spacial score (nSPS) is 13.4. The lowest BCUT2D eigenvalue weighted by molar-refractivity contribution is -0.143. The van der Waals surface area contributed by atoms with Gasteiger partial charge in [-0.05, 0) is 26.8 Å². The minimum atomic E-state index is -2.94. The van der Waals surface area contributed by atoms with Crippen molar-refractivity contribution >= 4 is 15.8 Å². The van der Waals surface area contributed by atoms with Crippen molar-refractivity contribution in [2.45, 2.75) is 32.7 Å². The van der Waals surface area contributed by atoms with E-state index in [1.165, 1.54) is 6.26 Å². The molecule has 96 valence electrons. The number of hydrogen-bond donors (Lipinski definition) is 1. The molecule has 0 aromatic carbocycles. The first-order valence-corrected chi connectivity index (χ1v) is 7.48. The van der Waals surface area contributed by atoms with Gasteiger partial charge in [0.25, 0.3) is 0 Å². The summed E-state index contributed by atoms with van der Waals surface area (Å²) in [4.78, 5) is 11.0. The number of rotatable bonds is 8. The number of nitrogens with one attached hydrogen (secondary N) is 1. The van der Waals surface area contributed by atoms with Crippen molar-refractivity contribution in [3.63, 3.8) is 0 Å². The van der Waals surface area contributed by atoms with Crippen molar-refractivity contribution in [2.75, 3.05) is 25.2 Å². The van der Waals surface area contributed by atoms with Gasteiger partial charge in [0.2, 0.25) is 0 Å². The van der Waals surface area contributed by atoms with Gasteiger partial charge in [-0.15, -0.1) is 0 Å². The molecular weight excluding hydrogens is 230 g/mol. The summed E-state index contributed by atoms with van der Waals surface area (Å²) in [5.41, 5.74) is 0. The van der Waals surface area contributed by atoms with Gasteiger partial charge >= 0.3 is 5.97 Å². The first-order chi connectivity index (χ1) is 7.35. The predicted octanol–water partition coefficient (Wildman–Crippen LogP) is 0.352. The second-order valence-corrected chi connectivity index (χ2v) is 6.04. The fraction of sp³-hybridized carbons (Fsp3) is 0.900. The zero-order valence-electron chi connectivity index (χ0n) is 10.2. The average molecular weight is 251 g/mol. The summed E-state index contributed by atoms with van der Waals surface area (Å²) in [6.45, 7) is 4.60. The SMILES string of the molecule is CCOC(=O)CCCNC(C)CS(C)(=O)=O. The quantitative estimate of drug-likeness (QED) is 0.498. The van der Waals surface area contributed by atoms with Gasteiger partial charge in [-0.2, -0.15) is 0 Å². The second kappa shape index (κ2) is 7.62. The lowest BCUT2D eigenvalue weighted by Gasteiger charge is -2.12. The van der Waals surface area contributed by atoms with E-state index in [1.807, 2.05) is 6.92 Å². The third-order valence-electron chi connectivity index (χ3n) is 1.91. The third-order valence-corrected chi connectivity index (χ3v) is 3.01. The highest BCUT2D eigenvalue weighted by atomic mass is 32.2. The van der Waals surface area contributed by atoms with Crippen LogP contribution < -0.4 is 5.32 Å². The van der Waals surface area contributed by atoms with E-state index in [-0.39, 0.29) is 17.8 Å². The van der Waals surface area contributed by atoms with Gasteiger partial charge in [0, 0.05) is 18.7 Å². The maximum Gasteiger partial charge on any atom is 0.305 e. The van der Waals surface area contributed by atoms with Gasteiger partial charge in [0.05, 0.1) is 12.4 Å². The zero-order valence-corrected chi connectivity index (χ0v) is 11.0. The molecule has 0 aromatic heterocycles. The molecule has 0 saturated heterocycles. The maximum absolute atomic E-state index is 11.0. The van der Waals surface area contributed by atoms with Crippen LogP contribution in [0.3, 0.4) is 0 Å². The molecule has 0 bridgehead atoms. The maximum atomic E-state index is 11.0. The van der Waals surface area contributed by atoms with Gasteiger partial charge in [-0.3, -0.25) is 4.79 Å². The van der Waals surface area contributed by atoms with Crippen LogP contribution in [0.1, 0.15) is 26.7 Å². The molecule has 0 amide bonds. The minimum Gasteiger partial charge on any atom is -0.466 e. The molecule has 0 heterocycles. The van der Waals surface area contributed by atoms with E-state index >= 15 is 0 Å². The predicted molar refractivity (Wildman–Crippen MR) is 63.0 cm³/mol. The Morgan fingerprint density at radius 1 is 1.44 bits per heavy atom. The van der Waals surface area contributed by atoms with Crippen LogP contribution in [0.2, 0.25) is 0 Å². The van der Waals surface area contributed by atoms with Gasteiger partial charge in [-0.1, -0.05) is 0 Å². The number of sulfone groups is 1. The van der Waals surface area contributed by atoms with E-state index in [4.69, 9.17) is 4.74 Å². The summed E-state index contributed by atoms with van der Waals surface area (Å²) in [6.07, 6.45) is 2.24. The van der Waals surface area contributed by atoms with E-state index in [0.717, 1.165) is 0 Å². The summed E-state index contributed by atoms with van der Waals surface area (Å²) in [5.74, 6) is -0.0908. The number of carbonyl (C=O) groups excluding carboxylic acids is 1. The topological polar surface area (TPSA) is 72.5 Å². The highest BCUT2D eigenvalue weighted by Crippen LogP contribution is 1.94. The summed E-state index contributed by atoms with van der Waals surface area (Å²) in [5, 5.41) is 3.05. The second-order valence-electron chi connectivity index (χ2n) is 3.86. The molecule has 0 aliphatic rings. The van der Waals surface area contributed by atoms with E-state index in [0.29, 0.717) is 26.0 Å². The van der Waals surface area contributed by atoms with Gasteiger partial charge < -0.3 is 10.1 Å². The summed E-state index contributed by atoms with van der Waals surface area (Å²) >= 11 is 0. The summed E-state index contributed by atoms with van der Waals surface area (Å²) in [7, 11) is -2.94. The molecule has 0 radical (unpaired) electrons. The summed E-state index contributed by atoms with van der Waals surface area (Å²) in [6, 6.07) is -0.0859. The fourth-order valence-electron chi connectivity index (χ4n) is 1.33. The molecule has 16 heavy (non-hydrogen) atoms. The Labute approximate surface area is 97.5 Å². The van der Waals surface area contributed by atoms with Crippen LogP contribution in [0.5, 0.6) is 0 Å². The Morgan fingerprint density at radius 2 is 2.06 bits per heavy atom. The number of ether oxygens (including phenoxy) is 1. The highest BCUT2D eigenvalue weighted by molar-refractivity contribution is 7.90. The molecule has 0 aliphatic carbocycles. The van der Waals surface area contributed by atoms with Crippen LogP contribution in [0.25, 0.3) is 0 Å². The molecule has 0 rings (SSSR count). The molecule has 0 spiro atoms. The largest absolute Gasteiger partial charge is 0.466 e. The molecule has 0 fully saturated rings. The minimum absolute atomic E-state index is 0.0859. The first-order valence-electron chi connectivity index (χ1n) is 5.42. The van der Waals surface area contributed by atoms with Crippen LogP contribution >= 0.6 is 0 Å². The van der Waals surface area contributed by atoms with Crippen LogP contribution in [0, 0.1) is 0 Å². The standard InChI is InChI=1S/C10H21NO4S/c1-4-15-10(12)6-5-7-11-9(2)8-16(3,13)14/h9,11H,4-8H2,1-3H3. The molecule has 5 nitrogen and oxygen atoms in total. The van der Waals surface area contributed by atoms with Gasteiger partial charge in [0.1, 0.15) is 9.84 Å². The Morgan fingerprint density at radius 3 is 2.56 bits per heavy atom. The van der Waals surface area contributed by atoms with Crippen molar-refractivity contribution in [1.29, 1.82) is 0 Å². The molecule has 0 aromatic rings. The molecule has 1 atom stereocenters. The molecule has 0 aliphatic heterocycles. The molecule has 6 heteroatoms. The van der Waals surface area contributed by atoms with Crippen LogP contribution in [-0.4, -0.2) is 45.6 Å². The third kappa shape index (κ3) is 9.92. The van der Waals surface area contributed by atoms with Crippen LogP contribution in [0.15, 0.2) is 0 Å². The van der Waals surface area contributed by atoms with Crippen molar-refractivity contribution in [3.8, 4) is 0 Å². The van der Waals surface area contributed by atoms with Crippen molar-refractivity contribution < 1.29 is 17.9 Å². The Bertz CT molecular complexity index is 300. The van der Waals surface area contributed by atoms with Crippen LogP contribution in [0.4, 0.5) is 0 Å². The van der Waals surface area contributed by atoms with Crippen molar-refractivity contribution in [1.82, 2.24) is 5.32 Å². The lowest BCUT2D eigenvalue weighted by Crippen LogP contribution is -2.33. The molecule has 1 N–H and O–H groups in total. The monoisotopic (exact) mass is 251 g/mol. The number of esters is 1. The van der Waals surface area contributed by atoms with Crippen molar-refractivity contribution in [3.05, 3.63) is 0 Å². The van der Waals surface area contributed by atoms with E-state index < -0.39 is 9.84 Å². The average Bonchev–Trinajstić information content (AvgIpc) is 2.10. The summed E-state index contributed by atoms with van der Waals surface area (Å²) < 4.78 is 26.7. The van der Waals surface area contributed by atoms with Crippen LogP contribution in [-0.2, 0) is 19.4 Å². The molecular formula is C10H21NO4S. The van der Waals surface area contributed by atoms with E-state index in [2.05, 4.69) is 5.32 Å². The fourth-order valence-corrected chi connectivity index (χ4v) is 2.35. The molecule has 1 unspecified atom stereocenters. The lowest BCUT2D eigenvalue weighted by atomic mass is 10.3. The number of carbonyl (C=O) groups is 1. The smallest absolute Gasteiger partial charge is 0.305 e. The Kier molecular flexibility index (Phi) is 7.33. The van der Waals surface area contributed by atoms with Gasteiger partial charge in [-0.25, -0.2) is 8.42 Å². The van der Waals surface area contributed by atoms with E-state index in [9.17, 15) is 13.2 Å². The van der Waals surface area contributed by atoms with Gasteiger partial charge in [0.15, 0.2) is 0 Å².